The third-order valence-electron chi connectivity index (χ3n) is 4.54. The van der Waals surface area contributed by atoms with E-state index in [4.69, 9.17) is 16.3 Å². The number of halogens is 1. The van der Waals surface area contributed by atoms with Crippen LogP contribution in [0.15, 0.2) is 60.7 Å². The summed E-state index contributed by atoms with van der Waals surface area (Å²) >= 11 is 6.24. The number of Topliss-reactive ketones (excluding diaryl/α,β-unsaturated/α-hetero) is 1. The van der Waals surface area contributed by atoms with E-state index in [0.717, 1.165) is 22.5 Å². The lowest BCUT2D eigenvalue weighted by Gasteiger charge is -2.06. The molecule has 0 aliphatic carbocycles. The van der Waals surface area contributed by atoms with E-state index >= 15 is 0 Å². The number of hydrogen-bond donors (Lipinski definition) is 0. The molecule has 5 nitrogen and oxygen atoms in total. The van der Waals surface area contributed by atoms with Crippen molar-refractivity contribution >= 4 is 29.4 Å². The zero-order chi connectivity index (χ0) is 20.8. The number of ketones is 1. The van der Waals surface area contributed by atoms with Crippen molar-refractivity contribution in [2.75, 3.05) is 6.61 Å². The fourth-order valence-corrected chi connectivity index (χ4v) is 3.13. The van der Waals surface area contributed by atoms with Crippen LogP contribution >= 0.6 is 11.6 Å². The highest BCUT2D eigenvalue weighted by Gasteiger charge is 2.12. The van der Waals surface area contributed by atoms with Gasteiger partial charge in [0.1, 0.15) is 0 Å². The van der Waals surface area contributed by atoms with Crippen LogP contribution < -0.4 is 0 Å². The number of carbonyl (C=O) groups excluding carboxylic acids is 2. The molecule has 0 aliphatic rings. The quantitative estimate of drug-likeness (QED) is 0.324. The summed E-state index contributed by atoms with van der Waals surface area (Å²) < 4.78 is 6.91. The van der Waals surface area contributed by atoms with Crippen molar-refractivity contribution in [3.05, 3.63) is 93.8 Å². The van der Waals surface area contributed by atoms with E-state index < -0.39 is 5.97 Å². The molecule has 0 amide bonds. The van der Waals surface area contributed by atoms with Gasteiger partial charge in [0.05, 0.1) is 12.2 Å². The second kappa shape index (κ2) is 9.34. The highest BCUT2D eigenvalue weighted by molar-refractivity contribution is 6.31. The molecule has 1 heterocycles. The fourth-order valence-electron chi connectivity index (χ4n) is 2.94. The first-order chi connectivity index (χ1) is 14.0. The number of rotatable bonds is 7. The molecule has 0 N–H and O–H groups in total. The summed E-state index contributed by atoms with van der Waals surface area (Å²) in [5.74, 6) is -0.820. The molecule has 1 aromatic heterocycles. The summed E-state index contributed by atoms with van der Waals surface area (Å²) in [6, 6.07) is 16.3. The van der Waals surface area contributed by atoms with Crippen LogP contribution in [0.4, 0.5) is 0 Å². The second-order valence-corrected chi connectivity index (χ2v) is 6.97. The summed E-state index contributed by atoms with van der Waals surface area (Å²) in [5, 5.41) is 5.22. The minimum absolute atomic E-state index is 0.243. The summed E-state index contributed by atoms with van der Waals surface area (Å²) in [6.45, 7) is 4.05. The molecular formula is C23H21ClN2O3. The Morgan fingerprint density at radius 3 is 2.48 bits per heavy atom. The van der Waals surface area contributed by atoms with Crippen LogP contribution in [0.1, 0.15) is 32.9 Å². The third-order valence-corrected chi connectivity index (χ3v) is 4.91. The normalized spacial score (nSPS) is 11.0. The number of ether oxygens (including phenoxy) is 1. The van der Waals surface area contributed by atoms with Crippen LogP contribution in [0.3, 0.4) is 0 Å². The van der Waals surface area contributed by atoms with Gasteiger partial charge in [-0.15, -0.1) is 0 Å². The Labute approximate surface area is 174 Å². The molecule has 29 heavy (non-hydrogen) atoms. The molecule has 0 radical (unpaired) electrons. The first-order valence-corrected chi connectivity index (χ1v) is 9.54. The van der Waals surface area contributed by atoms with E-state index in [1.807, 2.05) is 48.9 Å². The van der Waals surface area contributed by atoms with Crippen LogP contribution in [0.2, 0.25) is 5.02 Å². The number of aryl methyl sites for hydroxylation is 1. The van der Waals surface area contributed by atoms with Crippen LogP contribution in [0.25, 0.3) is 6.08 Å². The van der Waals surface area contributed by atoms with Crippen molar-refractivity contribution in [1.29, 1.82) is 0 Å². The Morgan fingerprint density at radius 2 is 1.76 bits per heavy atom. The predicted molar refractivity (Wildman–Crippen MR) is 113 cm³/mol. The number of benzene rings is 2. The summed E-state index contributed by atoms with van der Waals surface area (Å²) in [6.07, 6.45) is 2.98. The van der Waals surface area contributed by atoms with Crippen molar-refractivity contribution in [2.24, 2.45) is 0 Å². The van der Waals surface area contributed by atoms with E-state index in [9.17, 15) is 9.59 Å². The predicted octanol–water partition coefficient (Wildman–Crippen LogP) is 4.64. The smallest absolute Gasteiger partial charge is 0.331 e. The van der Waals surface area contributed by atoms with E-state index in [-0.39, 0.29) is 12.4 Å². The zero-order valence-corrected chi connectivity index (χ0v) is 17.0. The SMILES string of the molecule is Cc1nn(Cc2ccccc2Cl)c(C)c1/C=C/C(=O)OCC(=O)c1ccccc1. The molecule has 148 valence electrons. The Balaban J connectivity index is 1.64. The molecule has 0 saturated carbocycles. The van der Waals surface area contributed by atoms with Gasteiger partial charge in [-0.3, -0.25) is 9.48 Å². The van der Waals surface area contributed by atoms with Gasteiger partial charge in [-0.05, 0) is 31.6 Å². The number of nitrogens with zero attached hydrogens (tertiary/aromatic N) is 2. The number of esters is 1. The molecule has 6 heteroatoms. The summed E-state index contributed by atoms with van der Waals surface area (Å²) in [4.78, 5) is 24.0. The van der Waals surface area contributed by atoms with Gasteiger partial charge in [0.2, 0.25) is 0 Å². The van der Waals surface area contributed by atoms with Crippen LogP contribution in [-0.2, 0) is 16.1 Å². The Morgan fingerprint density at radius 1 is 1.07 bits per heavy atom. The van der Waals surface area contributed by atoms with Gasteiger partial charge >= 0.3 is 5.97 Å². The maximum absolute atomic E-state index is 12.0. The molecule has 2 aromatic carbocycles. The van der Waals surface area contributed by atoms with Crippen molar-refractivity contribution in [3.8, 4) is 0 Å². The van der Waals surface area contributed by atoms with Crippen molar-refractivity contribution in [1.82, 2.24) is 9.78 Å². The molecule has 0 aliphatic heterocycles. The van der Waals surface area contributed by atoms with Crippen molar-refractivity contribution in [3.63, 3.8) is 0 Å². The monoisotopic (exact) mass is 408 g/mol. The maximum Gasteiger partial charge on any atom is 0.331 e. The van der Waals surface area contributed by atoms with E-state index in [1.54, 1.807) is 30.3 Å². The van der Waals surface area contributed by atoms with Gasteiger partial charge in [-0.25, -0.2) is 4.79 Å². The highest BCUT2D eigenvalue weighted by Crippen LogP contribution is 2.20. The van der Waals surface area contributed by atoms with Gasteiger partial charge < -0.3 is 4.74 Å². The lowest BCUT2D eigenvalue weighted by molar-refractivity contribution is -0.136. The van der Waals surface area contributed by atoms with Gasteiger partial charge in [0, 0.05) is 27.9 Å². The Bertz CT molecular complexity index is 1060. The molecule has 0 unspecified atom stereocenters. The lowest BCUT2D eigenvalue weighted by atomic mass is 10.1. The van der Waals surface area contributed by atoms with Gasteiger partial charge in [-0.1, -0.05) is 60.1 Å². The van der Waals surface area contributed by atoms with Crippen LogP contribution in [-0.4, -0.2) is 28.1 Å². The van der Waals surface area contributed by atoms with Crippen molar-refractivity contribution < 1.29 is 14.3 Å². The Kier molecular flexibility index (Phi) is 6.62. The van der Waals surface area contributed by atoms with E-state index in [0.29, 0.717) is 17.1 Å². The topological polar surface area (TPSA) is 61.2 Å². The standard InChI is InChI=1S/C23H21ClN2O3/c1-16-20(17(2)26(25-16)14-19-10-6-7-11-21(19)24)12-13-23(28)29-15-22(27)18-8-4-3-5-9-18/h3-13H,14-15H2,1-2H3/b13-12+. The number of hydrogen-bond acceptors (Lipinski definition) is 4. The minimum Gasteiger partial charge on any atom is -0.454 e. The zero-order valence-electron chi connectivity index (χ0n) is 16.3. The highest BCUT2D eigenvalue weighted by atomic mass is 35.5. The largest absolute Gasteiger partial charge is 0.454 e. The first kappa shape index (κ1) is 20.6. The average molecular weight is 409 g/mol. The van der Waals surface area contributed by atoms with Crippen molar-refractivity contribution in [2.45, 2.75) is 20.4 Å². The van der Waals surface area contributed by atoms with E-state index in [1.165, 1.54) is 6.08 Å². The fraction of sp³-hybridized carbons (Fsp3) is 0.174. The summed E-state index contributed by atoms with van der Waals surface area (Å²) in [7, 11) is 0. The summed E-state index contributed by atoms with van der Waals surface area (Å²) in [5.41, 5.74) is 4.01. The lowest BCUT2D eigenvalue weighted by Crippen LogP contribution is -2.12. The van der Waals surface area contributed by atoms with Gasteiger partial charge in [-0.2, -0.15) is 5.10 Å². The molecule has 3 aromatic rings. The van der Waals surface area contributed by atoms with Crippen LogP contribution in [0.5, 0.6) is 0 Å². The molecule has 0 bridgehead atoms. The third kappa shape index (κ3) is 5.21. The maximum atomic E-state index is 12.0. The Hall–Kier alpha value is -3.18. The van der Waals surface area contributed by atoms with Gasteiger partial charge in [0.25, 0.3) is 0 Å². The second-order valence-electron chi connectivity index (χ2n) is 6.56. The molecule has 0 saturated heterocycles. The first-order valence-electron chi connectivity index (χ1n) is 9.16. The van der Waals surface area contributed by atoms with Gasteiger partial charge in [0.15, 0.2) is 12.4 Å². The molecule has 0 atom stereocenters. The molecule has 0 fully saturated rings. The molecular weight excluding hydrogens is 388 g/mol. The van der Waals surface area contributed by atoms with E-state index in [2.05, 4.69) is 5.10 Å². The molecule has 3 rings (SSSR count). The van der Waals surface area contributed by atoms with Crippen LogP contribution in [0, 0.1) is 13.8 Å². The minimum atomic E-state index is -0.577. The molecule has 0 spiro atoms. The number of aromatic nitrogens is 2. The average Bonchev–Trinajstić information content (AvgIpc) is 2.99. The number of carbonyl (C=O) groups is 2.